The van der Waals surface area contributed by atoms with Gasteiger partial charge in [-0.05, 0) is 74.5 Å². The number of nitrogens with one attached hydrogen (secondary N) is 2. The quantitative estimate of drug-likeness (QED) is 0.473. The van der Waals surface area contributed by atoms with Crippen molar-refractivity contribution in [1.29, 1.82) is 0 Å². The van der Waals surface area contributed by atoms with Crippen molar-refractivity contribution in [3.05, 3.63) is 69.8 Å². The summed E-state index contributed by atoms with van der Waals surface area (Å²) in [5, 5.41) is 7.05. The topological polar surface area (TPSA) is 89.7 Å². The molecule has 9 heteroatoms. The predicted molar refractivity (Wildman–Crippen MR) is 128 cm³/mol. The van der Waals surface area contributed by atoms with E-state index in [0.29, 0.717) is 47.9 Å². The number of fused-ring (bicyclic) bond motifs is 2. The van der Waals surface area contributed by atoms with Gasteiger partial charge in [-0.25, -0.2) is 23.7 Å². The largest absolute Gasteiger partial charge is 0.324 e. The fourth-order valence-corrected chi connectivity index (χ4v) is 4.83. The standard InChI is InChI=1S/C25H26FN7O/c1-2-32-23(34)19-15-28-24(29-18-8-7-16-9-12-27-14-17(16)13-18)31-22(19)33(32)21-6-3-5-20(30-21)25(26)10-4-11-25/h3,5-8,13,15,27H,2,4,9-12,14H2,1H3,(H,28,29,31). The highest BCUT2D eigenvalue weighted by molar-refractivity contribution is 5.77. The van der Waals surface area contributed by atoms with Crippen LogP contribution in [0.5, 0.6) is 0 Å². The molecule has 0 radical (unpaired) electrons. The van der Waals surface area contributed by atoms with Crippen LogP contribution in [0.2, 0.25) is 0 Å². The molecule has 0 atom stereocenters. The Morgan fingerprint density at radius 3 is 2.85 bits per heavy atom. The van der Waals surface area contributed by atoms with Crippen LogP contribution in [0, 0.1) is 0 Å². The molecule has 0 unspecified atom stereocenters. The molecule has 4 aromatic rings. The van der Waals surface area contributed by atoms with Crippen LogP contribution in [0.25, 0.3) is 16.9 Å². The van der Waals surface area contributed by atoms with E-state index in [1.165, 1.54) is 11.1 Å². The van der Waals surface area contributed by atoms with E-state index >= 15 is 4.39 Å². The van der Waals surface area contributed by atoms with Gasteiger partial charge in [-0.3, -0.25) is 4.79 Å². The van der Waals surface area contributed by atoms with E-state index in [-0.39, 0.29) is 5.56 Å². The number of anilines is 2. The van der Waals surface area contributed by atoms with Gasteiger partial charge in [0.25, 0.3) is 5.56 Å². The molecule has 1 saturated carbocycles. The lowest BCUT2D eigenvalue weighted by atomic mass is 9.79. The molecular formula is C25H26FN7O. The highest BCUT2D eigenvalue weighted by Gasteiger charge is 2.40. The van der Waals surface area contributed by atoms with E-state index in [1.807, 2.05) is 13.0 Å². The van der Waals surface area contributed by atoms with Crippen LogP contribution >= 0.6 is 0 Å². The zero-order valence-corrected chi connectivity index (χ0v) is 19.0. The summed E-state index contributed by atoms with van der Waals surface area (Å²) in [7, 11) is 0. The van der Waals surface area contributed by atoms with Crippen LogP contribution in [0.4, 0.5) is 16.0 Å². The molecule has 1 fully saturated rings. The molecule has 0 amide bonds. The van der Waals surface area contributed by atoms with Crippen molar-refractivity contribution in [2.75, 3.05) is 11.9 Å². The van der Waals surface area contributed by atoms with Gasteiger partial charge in [0.15, 0.2) is 17.1 Å². The predicted octanol–water partition coefficient (Wildman–Crippen LogP) is 3.74. The van der Waals surface area contributed by atoms with Crippen LogP contribution in [0.15, 0.2) is 47.4 Å². The van der Waals surface area contributed by atoms with Crippen molar-refractivity contribution in [2.45, 2.75) is 51.4 Å². The molecule has 0 spiro atoms. The second-order valence-corrected chi connectivity index (χ2v) is 9.00. The normalized spacial score (nSPS) is 16.8. The Morgan fingerprint density at radius 2 is 2.06 bits per heavy atom. The second-order valence-electron chi connectivity index (χ2n) is 9.00. The van der Waals surface area contributed by atoms with Crippen molar-refractivity contribution in [2.24, 2.45) is 0 Å². The van der Waals surface area contributed by atoms with E-state index < -0.39 is 5.67 Å². The van der Waals surface area contributed by atoms with Crippen molar-refractivity contribution in [3.63, 3.8) is 0 Å². The number of halogens is 1. The molecule has 4 heterocycles. The van der Waals surface area contributed by atoms with E-state index in [4.69, 9.17) is 0 Å². The van der Waals surface area contributed by atoms with Crippen LogP contribution in [0.3, 0.4) is 0 Å². The Morgan fingerprint density at radius 1 is 1.18 bits per heavy atom. The molecule has 34 heavy (non-hydrogen) atoms. The molecule has 1 aliphatic heterocycles. The van der Waals surface area contributed by atoms with Gasteiger partial charge >= 0.3 is 0 Å². The third-order valence-electron chi connectivity index (χ3n) is 6.88. The first-order chi connectivity index (χ1) is 16.6. The van der Waals surface area contributed by atoms with Gasteiger partial charge < -0.3 is 10.6 Å². The summed E-state index contributed by atoms with van der Waals surface area (Å²) in [6.07, 6.45) is 4.37. The van der Waals surface area contributed by atoms with E-state index in [9.17, 15) is 4.79 Å². The minimum Gasteiger partial charge on any atom is -0.324 e. The molecule has 6 rings (SSSR count). The molecule has 2 N–H and O–H groups in total. The van der Waals surface area contributed by atoms with Crippen LogP contribution in [-0.2, 0) is 25.2 Å². The molecule has 1 aliphatic carbocycles. The average molecular weight is 460 g/mol. The van der Waals surface area contributed by atoms with Gasteiger partial charge in [-0.2, -0.15) is 4.98 Å². The highest BCUT2D eigenvalue weighted by atomic mass is 19.1. The zero-order valence-electron chi connectivity index (χ0n) is 19.0. The zero-order chi connectivity index (χ0) is 23.3. The number of rotatable bonds is 5. The summed E-state index contributed by atoms with van der Waals surface area (Å²) in [6.45, 7) is 4.13. The maximum Gasteiger partial charge on any atom is 0.278 e. The van der Waals surface area contributed by atoms with Crippen LogP contribution in [0.1, 0.15) is 43.0 Å². The Labute approximate surface area is 195 Å². The number of hydrogen-bond donors (Lipinski definition) is 2. The number of aromatic nitrogens is 5. The van der Waals surface area contributed by atoms with Gasteiger partial charge in [-0.1, -0.05) is 12.1 Å². The smallest absolute Gasteiger partial charge is 0.278 e. The third kappa shape index (κ3) is 3.38. The molecule has 3 aromatic heterocycles. The van der Waals surface area contributed by atoms with E-state index in [2.05, 4.69) is 37.7 Å². The summed E-state index contributed by atoms with van der Waals surface area (Å²) in [5.41, 5.74) is 2.74. The van der Waals surface area contributed by atoms with Crippen LogP contribution < -0.4 is 16.2 Å². The first-order valence-electron chi connectivity index (χ1n) is 11.8. The SMILES string of the molecule is CCn1c(=O)c2cnc(Nc3ccc4c(c3)CNCC4)nc2n1-c1cccc(C2(F)CCC2)n1. The minimum absolute atomic E-state index is 0.199. The van der Waals surface area contributed by atoms with Crippen molar-refractivity contribution < 1.29 is 4.39 Å². The summed E-state index contributed by atoms with van der Waals surface area (Å²) in [5.74, 6) is 0.857. The second kappa shape index (κ2) is 8.02. The number of hydrogen-bond acceptors (Lipinski definition) is 6. The average Bonchev–Trinajstić information content (AvgIpc) is 3.13. The summed E-state index contributed by atoms with van der Waals surface area (Å²) in [4.78, 5) is 26.8. The fraction of sp³-hybridized carbons (Fsp3) is 0.360. The van der Waals surface area contributed by atoms with Gasteiger partial charge in [-0.15, -0.1) is 0 Å². The van der Waals surface area contributed by atoms with Gasteiger partial charge in [0.1, 0.15) is 5.39 Å². The monoisotopic (exact) mass is 459 g/mol. The Balaban J connectivity index is 1.43. The van der Waals surface area contributed by atoms with E-state index in [1.54, 1.807) is 33.8 Å². The first-order valence-corrected chi connectivity index (χ1v) is 11.8. The number of pyridine rings is 1. The maximum atomic E-state index is 15.1. The number of alkyl halides is 1. The van der Waals surface area contributed by atoms with Crippen molar-refractivity contribution in [1.82, 2.24) is 29.6 Å². The third-order valence-corrected chi connectivity index (χ3v) is 6.88. The lowest BCUT2D eigenvalue weighted by Gasteiger charge is -2.33. The van der Waals surface area contributed by atoms with Crippen LogP contribution in [-0.4, -0.2) is 30.9 Å². The summed E-state index contributed by atoms with van der Waals surface area (Å²) < 4.78 is 18.3. The molecule has 0 bridgehead atoms. The molecule has 174 valence electrons. The molecule has 1 aromatic carbocycles. The van der Waals surface area contributed by atoms with E-state index in [0.717, 1.165) is 31.6 Å². The maximum absolute atomic E-state index is 15.1. The Kier molecular flexibility index (Phi) is 4.95. The van der Waals surface area contributed by atoms with Crippen molar-refractivity contribution >= 4 is 22.7 Å². The Hall–Kier alpha value is -3.59. The molecule has 0 saturated heterocycles. The lowest BCUT2D eigenvalue weighted by Crippen LogP contribution is -2.30. The molecule has 8 nitrogen and oxygen atoms in total. The number of nitrogens with zero attached hydrogens (tertiary/aromatic N) is 5. The fourth-order valence-electron chi connectivity index (χ4n) is 4.83. The van der Waals surface area contributed by atoms with Gasteiger partial charge in [0, 0.05) is 25.0 Å². The summed E-state index contributed by atoms with van der Waals surface area (Å²) >= 11 is 0. The minimum atomic E-state index is -1.39. The van der Waals surface area contributed by atoms with Gasteiger partial charge in [0.2, 0.25) is 5.95 Å². The van der Waals surface area contributed by atoms with Gasteiger partial charge in [0.05, 0.1) is 5.69 Å². The molecular weight excluding hydrogens is 433 g/mol. The highest BCUT2D eigenvalue weighted by Crippen LogP contribution is 2.44. The molecule has 2 aliphatic rings. The first kappa shape index (κ1) is 21.0. The number of benzene rings is 1. The summed E-state index contributed by atoms with van der Waals surface area (Å²) in [6, 6.07) is 11.5. The Bertz CT molecular complexity index is 1450. The van der Waals surface area contributed by atoms with Crippen molar-refractivity contribution in [3.8, 4) is 5.82 Å². The lowest BCUT2D eigenvalue weighted by molar-refractivity contribution is 0.0559.